The number of piperidine rings is 1. The molecule has 19 heavy (non-hydrogen) atoms. The van der Waals surface area contributed by atoms with E-state index in [0.29, 0.717) is 25.9 Å². The number of likely N-dealkylation sites (N-methyl/N-ethyl adjacent to an activating group) is 1. The highest BCUT2D eigenvalue weighted by Crippen LogP contribution is 2.32. The minimum atomic E-state index is -0.793. The molecule has 5 nitrogen and oxygen atoms in total. The van der Waals surface area contributed by atoms with Crippen LogP contribution in [0.5, 0.6) is 5.75 Å². The minimum Gasteiger partial charge on any atom is -0.495 e. The summed E-state index contributed by atoms with van der Waals surface area (Å²) in [4.78, 5) is 13.5. The number of methoxy groups -OCH3 is 1. The molecule has 1 saturated heterocycles. The Labute approximate surface area is 113 Å². The molecule has 104 valence electrons. The van der Waals surface area contributed by atoms with E-state index in [2.05, 4.69) is 10.2 Å². The van der Waals surface area contributed by atoms with Crippen LogP contribution in [0.1, 0.15) is 12.8 Å². The fourth-order valence-corrected chi connectivity index (χ4v) is 2.59. The molecule has 0 radical (unpaired) electrons. The Kier molecular flexibility index (Phi) is 3.95. The lowest BCUT2D eigenvalue weighted by Crippen LogP contribution is -2.57. The Balaban J connectivity index is 2.13. The quantitative estimate of drug-likeness (QED) is 0.859. The number of anilines is 1. The van der Waals surface area contributed by atoms with Crippen LogP contribution in [0.15, 0.2) is 24.3 Å². The van der Waals surface area contributed by atoms with Crippen LogP contribution in [-0.4, -0.2) is 43.9 Å². The Morgan fingerprint density at radius 2 is 2.00 bits per heavy atom. The van der Waals surface area contributed by atoms with Gasteiger partial charge in [0.1, 0.15) is 11.3 Å². The Hall–Kier alpha value is -1.75. The molecule has 1 aliphatic rings. The maximum Gasteiger partial charge on any atom is 0.324 e. The molecule has 2 rings (SSSR count). The van der Waals surface area contributed by atoms with Crippen molar-refractivity contribution < 1.29 is 14.6 Å². The standard InChI is InChI=1S/C14H20N2O3/c1-15-14(13(17)18)7-9-16(10-8-14)11-5-3-4-6-12(11)19-2/h3-6,15H,7-10H2,1-2H3,(H,17,18). The van der Waals surface area contributed by atoms with Gasteiger partial charge in [-0.1, -0.05) is 12.1 Å². The second-order valence-corrected chi connectivity index (χ2v) is 4.80. The van der Waals surface area contributed by atoms with Crippen LogP contribution < -0.4 is 15.0 Å². The summed E-state index contributed by atoms with van der Waals surface area (Å²) in [5.74, 6) is 0.0597. The first-order valence-corrected chi connectivity index (χ1v) is 6.43. The zero-order valence-corrected chi connectivity index (χ0v) is 11.3. The highest BCUT2D eigenvalue weighted by molar-refractivity contribution is 5.79. The van der Waals surface area contributed by atoms with E-state index in [1.165, 1.54) is 0 Å². The van der Waals surface area contributed by atoms with Crippen molar-refractivity contribution in [2.45, 2.75) is 18.4 Å². The number of carbonyl (C=O) groups is 1. The monoisotopic (exact) mass is 264 g/mol. The predicted molar refractivity (Wildman–Crippen MR) is 73.9 cm³/mol. The van der Waals surface area contributed by atoms with Crippen LogP contribution in [-0.2, 0) is 4.79 Å². The van der Waals surface area contributed by atoms with Crippen molar-refractivity contribution in [3.8, 4) is 5.75 Å². The number of nitrogens with one attached hydrogen (secondary N) is 1. The molecular formula is C14H20N2O3. The lowest BCUT2D eigenvalue weighted by Gasteiger charge is -2.40. The molecule has 0 saturated carbocycles. The number of carboxylic acid groups (broad SMARTS) is 1. The predicted octanol–water partition coefficient (Wildman–Crippen LogP) is 1.34. The van der Waals surface area contributed by atoms with Crippen LogP contribution in [0.4, 0.5) is 5.69 Å². The van der Waals surface area contributed by atoms with E-state index in [1.807, 2.05) is 24.3 Å². The van der Waals surface area contributed by atoms with E-state index < -0.39 is 11.5 Å². The van der Waals surface area contributed by atoms with Gasteiger partial charge in [-0.25, -0.2) is 0 Å². The Bertz CT molecular complexity index is 454. The van der Waals surface area contributed by atoms with Crippen molar-refractivity contribution in [3.05, 3.63) is 24.3 Å². The summed E-state index contributed by atoms with van der Waals surface area (Å²) in [5.41, 5.74) is 0.235. The number of ether oxygens (including phenoxy) is 1. The first-order chi connectivity index (χ1) is 9.13. The normalized spacial score (nSPS) is 18.1. The van der Waals surface area contributed by atoms with Gasteiger partial charge in [0.25, 0.3) is 0 Å². The second kappa shape index (κ2) is 5.48. The maximum atomic E-state index is 11.4. The van der Waals surface area contributed by atoms with Crippen molar-refractivity contribution in [1.82, 2.24) is 5.32 Å². The zero-order valence-electron chi connectivity index (χ0n) is 11.3. The van der Waals surface area contributed by atoms with Crippen molar-refractivity contribution >= 4 is 11.7 Å². The minimum absolute atomic E-state index is 0.580. The van der Waals surface area contributed by atoms with Crippen molar-refractivity contribution in [3.63, 3.8) is 0 Å². The van der Waals surface area contributed by atoms with Crippen molar-refractivity contribution in [1.29, 1.82) is 0 Å². The van der Waals surface area contributed by atoms with Crippen LogP contribution in [0.3, 0.4) is 0 Å². The molecule has 1 fully saturated rings. The summed E-state index contributed by atoms with van der Waals surface area (Å²) in [7, 11) is 3.37. The summed E-state index contributed by atoms with van der Waals surface area (Å²) < 4.78 is 5.35. The number of carboxylic acids is 1. The van der Waals surface area contributed by atoms with Gasteiger partial charge in [0.05, 0.1) is 12.8 Å². The summed E-state index contributed by atoms with van der Waals surface area (Å²) in [6, 6.07) is 7.83. The Morgan fingerprint density at radius 3 is 2.53 bits per heavy atom. The first-order valence-electron chi connectivity index (χ1n) is 6.43. The topological polar surface area (TPSA) is 61.8 Å². The van der Waals surface area contributed by atoms with E-state index >= 15 is 0 Å². The highest BCUT2D eigenvalue weighted by atomic mass is 16.5. The molecule has 1 aromatic carbocycles. The van der Waals surface area contributed by atoms with E-state index in [0.717, 1.165) is 11.4 Å². The third kappa shape index (κ3) is 2.51. The molecule has 0 atom stereocenters. The molecule has 0 bridgehead atoms. The largest absolute Gasteiger partial charge is 0.495 e. The van der Waals surface area contributed by atoms with E-state index in [-0.39, 0.29) is 0 Å². The van der Waals surface area contributed by atoms with Gasteiger partial charge in [0.2, 0.25) is 0 Å². The van der Waals surface area contributed by atoms with E-state index in [1.54, 1.807) is 14.2 Å². The van der Waals surface area contributed by atoms with Gasteiger partial charge in [-0.2, -0.15) is 0 Å². The van der Waals surface area contributed by atoms with Gasteiger partial charge in [-0.15, -0.1) is 0 Å². The molecule has 1 aliphatic heterocycles. The summed E-state index contributed by atoms with van der Waals surface area (Å²) in [6.45, 7) is 1.40. The fraction of sp³-hybridized carbons (Fsp3) is 0.500. The number of aliphatic carboxylic acids is 1. The average Bonchev–Trinajstić information content (AvgIpc) is 2.47. The molecule has 2 N–H and O–H groups in total. The number of hydrogen-bond acceptors (Lipinski definition) is 4. The number of hydrogen-bond donors (Lipinski definition) is 2. The van der Waals surface area contributed by atoms with Crippen LogP contribution in [0, 0.1) is 0 Å². The molecule has 1 aromatic rings. The number of rotatable bonds is 4. The molecule has 0 aliphatic carbocycles. The molecule has 0 aromatic heterocycles. The van der Waals surface area contributed by atoms with Crippen LogP contribution >= 0.6 is 0 Å². The van der Waals surface area contributed by atoms with E-state index in [9.17, 15) is 9.90 Å². The molecule has 5 heteroatoms. The lowest BCUT2D eigenvalue weighted by atomic mass is 9.87. The van der Waals surface area contributed by atoms with Gasteiger partial charge in [-0.3, -0.25) is 4.79 Å². The summed E-state index contributed by atoms with van der Waals surface area (Å²) in [5, 5.41) is 12.3. The number of nitrogens with zero attached hydrogens (tertiary/aromatic N) is 1. The van der Waals surface area contributed by atoms with Crippen molar-refractivity contribution in [2.75, 3.05) is 32.1 Å². The van der Waals surface area contributed by atoms with Gasteiger partial charge < -0.3 is 20.1 Å². The maximum absolute atomic E-state index is 11.4. The third-order valence-electron chi connectivity index (χ3n) is 3.93. The number of para-hydroxylation sites is 2. The fourth-order valence-electron chi connectivity index (χ4n) is 2.59. The van der Waals surface area contributed by atoms with Gasteiger partial charge in [0.15, 0.2) is 0 Å². The average molecular weight is 264 g/mol. The molecule has 1 heterocycles. The zero-order chi connectivity index (χ0) is 13.9. The summed E-state index contributed by atoms with van der Waals surface area (Å²) in [6.07, 6.45) is 1.16. The number of benzene rings is 1. The van der Waals surface area contributed by atoms with Crippen molar-refractivity contribution in [2.24, 2.45) is 0 Å². The molecule has 0 unspecified atom stereocenters. The van der Waals surface area contributed by atoms with Gasteiger partial charge >= 0.3 is 5.97 Å². The van der Waals surface area contributed by atoms with Gasteiger partial charge in [-0.05, 0) is 32.0 Å². The van der Waals surface area contributed by atoms with E-state index in [4.69, 9.17) is 4.74 Å². The second-order valence-electron chi connectivity index (χ2n) is 4.80. The third-order valence-corrected chi connectivity index (χ3v) is 3.93. The molecule has 0 spiro atoms. The molecular weight excluding hydrogens is 244 g/mol. The first kappa shape index (κ1) is 13.7. The SMILES string of the molecule is CNC1(C(=O)O)CCN(c2ccccc2OC)CC1. The highest BCUT2D eigenvalue weighted by Gasteiger charge is 2.40. The molecule has 0 amide bonds. The smallest absolute Gasteiger partial charge is 0.324 e. The van der Waals surface area contributed by atoms with Crippen LogP contribution in [0.25, 0.3) is 0 Å². The Morgan fingerprint density at radius 1 is 1.37 bits per heavy atom. The summed E-state index contributed by atoms with van der Waals surface area (Å²) >= 11 is 0. The van der Waals surface area contributed by atoms with Crippen LogP contribution in [0.2, 0.25) is 0 Å². The van der Waals surface area contributed by atoms with Gasteiger partial charge in [0, 0.05) is 13.1 Å². The lowest BCUT2D eigenvalue weighted by molar-refractivity contribution is -0.145.